The van der Waals surface area contributed by atoms with Gasteiger partial charge in [0.2, 0.25) is 5.88 Å². The summed E-state index contributed by atoms with van der Waals surface area (Å²) < 4.78 is 5.37. The Hall–Kier alpha value is -2.92. The molecule has 0 amide bonds. The lowest BCUT2D eigenvalue weighted by molar-refractivity contribution is 0.314. The predicted molar refractivity (Wildman–Crippen MR) is 105 cm³/mol. The average molecular weight is 361 g/mol. The Balaban J connectivity index is 1.48. The van der Waals surface area contributed by atoms with E-state index in [4.69, 9.17) is 4.74 Å². The van der Waals surface area contributed by atoms with Gasteiger partial charge >= 0.3 is 0 Å². The lowest BCUT2D eigenvalue weighted by Crippen LogP contribution is -2.20. The van der Waals surface area contributed by atoms with Crippen LogP contribution >= 0.6 is 0 Å². The zero-order valence-corrected chi connectivity index (χ0v) is 15.4. The second-order valence-electron chi connectivity index (χ2n) is 6.92. The number of hydrogen-bond acceptors (Lipinski definition) is 5. The Kier molecular flexibility index (Phi) is 5.03. The normalized spacial score (nSPS) is 17.1. The highest BCUT2D eigenvalue weighted by Gasteiger charge is 2.25. The van der Waals surface area contributed by atoms with Crippen LogP contribution in [0.3, 0.4) is 0 Å². The molecule has 0 unspecified atom stereocenters. The number of aromatic hydroxyl groups is 1. The van der Waals surface area contributed by atoms with E-state index >= 15 is 0 Å². The third-order valence-corrected chi connectivity index (χ3v) is 5.11. The zero-order chi connectivity index (χ0) is 18.6. The van der Waals surface area contributed by atoms with Gasteiger partial charge < -0.3 is 9.84 Å². The van der Waals surface area contributed by atoms with Gasteiger partial charge in [-0.15, -0.1) is 0 Å². The van der Waals surface area contributed by atoms with Crippen molar-refractivity contribution >= 4 is 0 Å². The van der Waals surface area contributed by atoms with Gasteiger partial charge in [0.05, 0.1) is 12.8 Å². The van der Waals surface area contributed by atoms with Crippen LogP contribution in [0.2, 0.25) is 0 Å². The van der Waals surface area contributed by atoms with E-state index in [2.05, 4.69) is 33.1 Å². The van der Waals surface area contributed by atoms with E-state index in [1.54, 1.807) is 25.4 Å². The summed E-state index contributed by atoms with van der Waals surface area (Å²) in [5.74, 6) is 1.44. The largest absolute Gasteiger partial charge is 0.508 e. The highest BCUT2D eigenvalue weighted by molar-refractivity contribution is 5.61. The molecule has 3 aromatic rings. The van der Waals surface area contributed by atoms with E-state index in [1.807, 2.05) is 24.4 Å². The Morgan fingerprint density at radius 1 is 1.11 bits per heavy atom. The molecule has 0 spiro atoms. The van der Waals surface area contributed by atoms with E-state index in [9.17, 15) is 5.11 Å². The molecule has 27 heavy (non-hydrogen) atoms. The third-order valence-electron chi connectivity index (χ3n) is 5.11. The van der Waals surface area contributed by atoms with Crippen LogP contribution < -0.4 is 4.74 Å². The first-order valence-corrected chi connectivity index (χ1v) is 9.18. The number of phenols is 1. The van der Waals surface area contributed by atoms with Gasteiger partial charge in [-0.05, 0) is 54.8 Å². The Morgan fingerprint density at radius 3 is 2.89 bits per heavy atom. The number of aromatic nitrogens is 2. The highest BCUT2D eigenvalue weighted by Crippen LogP contribution is 2.31. The van der Waals surface area contributed by atoms with E-state index in [1.165, 1.54) is 5.56 Å². The summed E-state index contributed by atoms with van der Waals surface area (Å²) in [6.07, 6.45) is 4.74. The molecule has 5 nitrogen and oxygen atoms in total. The molecule has 0 aliphatic carbocycles. The average Bonchev–Trinajstić information content (AvgIpc) is 3.17. The van der Waals surface area contributed by atoms with Crippen LogP contribution in [0.4, 0.5) is 0 Å². The molecular weight excluding hydrogens is 338 g/mol. The van der Waals surface area contributed by atoms with E-state index in [-0.39, 0.29) is 5.75 Å². The topological polar surface area (TPSA) is 58.5 Å². The molecule has 1 aliphatic heterocycles. The SMILES string of the molecule is COc1ncccc1CN1CC[C@H](c2ccnc(-c3cccc(O)c3)c2)C1. The number of pyridine rings is 2. The summed E-state index contributed by atoms with van der Waals surface area (Å²) in [6, 6.07) is 15.5. The van der Waals surface area contributed by atoms with Gasteiger partial charge in [-0.25, -0.2) is 4.98 Å². The fourth-order valence-corrected chi connectivity index (χ4v) is 3.74. The maximum atomic E-state index is 9.72. The van der Waals surface area contributed by atoms with E-state index < -0.39 is 0 Å². The van der Waals surface area contributed by atoms with Crippen LogP contribution in [0.5, 0.6) is 11.6 Å². The van der Waals surface area contributed by atoms with Crippen molar-refractivity contribution in [2.24, 2.45) is 0 Å². The number of benzene rings is 1. The zero-order valence-electron chi connectivity index (χ0n) is 15.4. The maximum Gasteiger partial charge on any atom is 0.217 e. The second-order valence-corrected chi connectivity index (χ2v) is 6.92. The lowest BCUT2D eigenvalue weighted by Gasteiger charge is -2.17. The van der Waals surface area contributed by atoms with E-state index in [0.29, 0.717) is 11.8 Å². The number of nitrogens with zero attached hydrogens (tertiary/aromatic N) is 3. The monoisotopic (exact) mass is 361 g/mol. The smallest absolute Gasteiger partial charge is 0.217 e. The van der Waals surface area contributed by atoms with Crippen LogP contribution in [0.25, 0.3) is 11.3 Å². The first-order chi connectivity index (χ1) is 13.2. The molecule has 138 valence electrons. The Morgan fingerprint density at radius 2 is 2.04 bits per heavy atom. The molecule has 1 aromatic carbocycles. The van der Waals surface area contributed by atoms with Gasteiger partial charge in [0, 0.05) is 36.6 Å². The number of ether oxygens (including phenoxy) is 1. The molecule has 4 rings (SSSR count). The molecule has 1 saturated heterocycles. The lowest BCUT2D eigenvalue weighted by atomic mass is 9.97. The van der Waals surface area contributed by atoms with E-state index in [0.717, 1.165) is 42.9 Å². The van der Waals surface area contributed by atoms with Gasteiger partial charge in [-0.2, -0.15) is 0 Å². The number of phenolic OH excluding ortho intramolecular Hbond substituents is 1. The molecule has 1 fully saturated rings. The predicted octanol–water partition coefficient (Wildman–Crippen LogP) is 3.85. The van der Waals surface area contributed by atoms with Crippen molar-refractivity contribution in [1.82, 2.24) is 14.9 Å². The number of rotatable bonds is 5. The molecule has 1 aliphatic rings. The first kappa shape index (κ1) is 17.5. The second kappa shape index (κ2) is 7.76. The van der Waals surface area contributed by atoms with Crippen LogP contribution in [0.1, 0.15) is 23.5 Å². The first-order valence-electron chi connectivity index (χ1n) is 9.18. The number of methoxy groups -OCH3 is 1. The molecule has 5 heteroatoms. The van der Waals surface area contributed by atoms with Crippen LogP contribution in [0.15, 0.2) is 60.9 Å². The van der Waals surface area contributed by atoms with Gasteiger partial charge in [0.1, 0.15) is 5.75 Å². The minimum Gasteiger partial charge on any atom is -0.508 e. The van der Waals surface area contributed by atoms with Crippen molar-refractivity contribution in [1.29, 1.82) is 0 Å². The van der Waals surface area contributed by atoms with Crippen molar-refractivity contribution in [3.63, 3.8) is 0 Å². The summed E-state index contributed by atoms with van der Waals surface area (Å²) in [6.45, 7) is 2.89. The van der Waals surface area contributed by atoms with Gasteiger partial charge in [0.25, 0.3) is 0 Å². The molecule has 0 saturated carbocycles. The molecule has 2 aromatic heterocycles. The molecule has 0 radical (unpaired) electrons. The number of hydrogen-bond donors (Lipinski definition) is 1. The summed E-state index contributed by atoms with van der Waals surface area (Å²) in [7, 11) is 1.67. The van der Waals surface area contributed by atoms with Crippen molar-refractivity contribution in [2.75, 3.05) is 20.2 Å². The summed E-state index contributed by atoms with van der Waals surface area (Å²) in [5, 5.41) is 9.72. The summed E-state index contributed by atoms with van der Waals surface area (Å²) in [5.41, 5.74) is 4.25. The highest BCUT2D eigenvalue weighted by atomic mass is 16.5. The standard InChI is InChI=1S/C22H23N3O2/c1-27-22-19(5-3-9-24-22)15-25-11-8-18(14-25)16-7-10-23-21(13-16)17-4-2-6-20(26)12-17/h2-7,9-10,12-13,18,26H,8,11,14-15H2,1H3/t18-/m0/s1. The molecular formula is C22H23N3O2. The van der Waals surface area contributed by atoms with Crippen molar-refractivity contribution in [3.8, 4) is 22.9 Å². The minimum atomic E-state index is 0.261. The van der Waals surface area contributed by atoms with Crippen LogP contribution in [-0.2, 0) is 6.54 Å². The number of likely N-dealkylation sites (tertiary alicyclic amines) is 1. The molecule has 3 heterocycles. The van der Waals surface area contributed by atoms with Crippen LogP contribution in [-0.4, -0.2) is 40.2 Å². The van der Waals surface area contributed by atoms with Gasteiger partial charge in [-0.1, -0.05) is 18.2 Å². The fourth-order valence-electron chi connectivity index (χ4n) is 3.74. The quantitative estimate of drug-likeness (QED) is 0.748. The summed E-state index contributed by atoms with van der Waals surface area (Å²) in [4.78, 5) is 11.2. The Labute approximate surface area is 159 Å². The third kappa shape index (κ3) is 3.93. The van der Waals surface area contributed by atoms with Crippen LogP contribution in [0, 0.1) is 0 Å². The van der Waals surface area contributed by atoms with Crippen molar-refractivity contribution in [3.05, 3.63) is 72.1 Å². The van der Waals surface area contributed by atoms with Gasteiger partial charge in [0.15, 0.2) is 0 Å². The van der Waals surface area contributed by atoms with Gasteiger partial charge in [-0.3, -0.25) is 9.88 Å². The van der Waals surface area contributed by atoms with Crippen molar-refractivity contribution in [2.45, 2.75) is 18.9 Å². The minimum absolute atomic E-state index is 0.261. The molecule has 1 N–H and O–H groups in total. The maximum absolute atomic E-state index is 9.72. The van der Waals surface area contributed by atoms with Crippen molar-refractivity contribution < 1.29 is 9.84 Å². The molecule has 1 atom stereocenters. The molecule has 0 bridgehead atoms. The summed E-state index contributed by atoms with van der Waals surface area (Å²) >= 11 is 0. The Bertz CT molecular complexity index is 929. The fraction of sp³-hybridized carbons (Fsp3) is 0.273.